The van der Waals surface area contributed by atoms with Crippen LogP contribution in [-0.4, -0.2) is 29.3 Å². The molecule has 3 aromatic carbocycles. The standard InChI is InChI=1S/C25H23N7O4S/c1-2-15-12-21(32(30-15)16-8-10-22-18(13-16)24(27)31-36-22)25(33)29-20-9-7-14(11-19(20)26)17-5-3-4-6-23(17)37(28,34)35/h3-13H,2,26H2,1H3,(H2,27,31)(H,29,33)(H2,28,34,35). The van der Waals surface area contributed by atoms with Gasteiger partial charge in [-0.25, -0.2) is 18.2 Å². The van der Waals surface area contributed by atoms with Crippen LogP contribution in [0, 0.1) is 0 Å². The van der Waals surface area contributed by atoms with Crippen LogP contribution in [0.3, 0.4) is 0 Å². The lowest BCUT2D eigenvalue weighted by atomic mass is 10.0. The normalized spacial score (nSPS) is 11.6. The molecule has 7 N–H and O–H groups in total. The monoisotopic (exact) mass is 517 g/mol. The van der Waals surface area contributed by atoms with Gasteiger partial charge in [0.1, 0.15) is 5.69 Å². The average Bonchev–Trinajstić information content (AvgIpc) is 3.48. The van der Waals surface area contributed by atoms with Crippen LogP contribution in [0.4, 0.5) is 17.2 Å². The molecule has 0 aliphatic rings. The van der Waals surface area contributed by atoms with E-state index < -0.39 is 15.9 Å². The fraction of sp³-hybridized carbons (Fsp3) is 0.0800. The number of benzene rings is 3. The first kappa shape index (κ1) is 24.0. The third kappa shape index (κ3) is 4.50. The van der Waals surface area contributed by atoms with Crippen molar-refractivity contribution in [2.75, 3.05) is 16.8 Å². The van der Waals surface area contributed by atoms with Crippen LogP contribution >= 0.6 is 0 Å². The zero-order chi connectivity index (χ0) is 26.3. The Morgan fingerprint density at radius 3 is 2.57 bits per heavy atom. The molecule has 12 heteroatoms. The molecule has 11 nitrogen and oxygen atoms in total. The Balaban J connectivity index is 1.48. The maximum absolute atomic E-state index is 13.3. The molecule has 2 aromatic heterocycles. The van der Waals surface area contributed by atoms with Crippen LogP contribution in [0.25, 0.3) is 27.8 Å². The number of sulfonamides is 1. The number of aromatic nitrogens is 3. The summed E-state index contributed by atoms with van der Waals surface area (Å²) >= 11 is 0. The predicted molar refractivity (Wildman–Crippen MR) is 141 cm³/mol. The quantitative estimate of drug-likeness (QED) is 0.247. The van der Waals surface area contributed by atoms with Crippen molar-refractivity contribution in [1.82, 2.24) is 14.9 Å². The van der Waals surface area contributed by atoms with Crippen molar-refractivity contribution in [2.24, 2.45) is 5.14 Å². The molecule has 0 spiro atoms. The van der Waals surface area contributed by atoms with Crippen LogP contribution in [-0.2, 0) is 16.4 Å². The van der Waals surface area contributed by atoms with Crippen molar-refractivity contribution in [3.8, 4) is 16.8 Å². The number of nitrogens with one attached hydrogen (secondary N) is 1. The summed E-state index contributed by atoms with van der Waals surface area (Å²) in [6.07, 6.45) is 0.616. The van der Waals surface area contributed by atoms with Crippen LogP contribution in [0.2, 0.25) is 0 Å². The number of hydrogen-bond acceptors (Lipinski definition) is 8. The van der Waals surface area contributed by atoms with Gasteiger partial charge in [-0.2, -0.15) is 5.10 Å². The minimum Gasteiger partial charge on any atom is -0.397 e. The van der Waals surface area contributed by atoms with Gasteiger partial charge in [-0.05, 0) is 54.4 Å². The van der Waals surface area contributed by atoms with Crippen molar-refractivity contribution >= 4 is 44.1 Å². The molecule has 0 saturated heterocycles. The van der Waals surface area contributed by atoms with E-state index >= 15 is 0 Å². The Hall–Kier alpha value is -4.68. The van der Waals surface area contributed by atoms with Crippen molar-refractivity contribution in [3.05, 3.63) is 78.1 Å². The van der Waals surface area contributed by atoms with Crippen molar-refractivity contribution < 1.29 is 17.7 Å². The van der Waals surface area contributed by atoms with Crippen molar-refractivity contribution in [2.45, 2.75) is 18.2 Å². The van der Waals surface area contributed by atoms with E-state index in [1.807, 2.05) is 6.92 Å². The number of amides is 1. The second-order valence-corrected chi connectivity index (χ2v) is 9.86. The highest BCUT2D eigenvalue weighted by molar-refractivity contribution is 7.89. The third-order valence-electron chi connectivity index (χ3n) is 5.89. The molecule has 0 aliphatic carbocycles. The SMILES string of the molecule is CCc1cc(C(=O)Nc2ccc(-c3ccccc3S(N)(=O)=O)cc2N)n(-c2ccc3onc(N)c3c2)n1. The zero-order valence-electron chi connectivity index (χ0n) is 19.7. The molecular weight excluding hydrogens is 494 g/mol. The molecule has 188 valence electrons. The Kier molecular flexibility index (Phi) is 5.90. The first-order valence-corrected chi connectivity index (χ1v) is 12.8. The van der Waals surface area contributed by atoms with Crippen molar-refractivity contribution in [1.29, 1.82) is 0 Å². The molecule has 0 fully saturated rings. The van der Waals surface area contributed by atoms with E-state index in [-0.39, 0.29) is 22.1 Å². The van der Waals surface area contributed by atoms with Gasteiger partial charge in [0.15, 0.2) is 11.4 Å². The van der Waals surface area contributed by atoms with E-state index in [2.05, 4.69) is 15.6 Å². The number of primary sulfonamides is 1. The average molecular weight is 518 g/mol. The van der Waals surface area contributed by atoms with Gasteiger partial charge in [0.25, 0.3) is 5.91 Å². The third-order valence-corrected chi connectivity index (χ3v) is 6.85. The summed E-state index contributed by atoms with van der Waals surface area (Å²) in [5, 5.41) is 17.1. The van der Waals surface area contributed by atoms with Gasteiger partial charge in [-0.15, -0.1) is 0 Å². The molecule has 1 amide bonds. The number of carbonyl (C=O) groups is 1. The number of carbonyl (C=O) groups excluding carboxylic acids is 1. The number of hydrogen-bond donors (Lipinski definition) is 4. The Morgan fingerprint density at radius 2 is 1.84 bits per heavy atom. The number of nitrogens with two attached hydrogens (primary N) is 3. The lowest BCUT2D eigenvalue weighted by Crippen LogP contribution is -2.18. The van der Waals surface area contributed by atoms with Gasteiger partial charge in [0.05, 0.1) is 33.0 Å². The first-order chi connectivity index (χ1) is 17.7. The van der Waals surface area contributed by atoms with Gasteiger partial charge >= 0.3 is 0 Å². The summed E-state index contributed by atoms with van der Waals surface area (Å²) in [5.74, 6) is -0.197. The minimum atomic E-state index is -3.94. The maximum Gasteiger partial charge on any atom is 0.274 e. The number of rotatable bonds is 6. The van der Waals surface area contributed by atoms with E-state index in [0.717, 1.165) is 0 Å². The smallest absolute Gasteiger partial charge is 0.274 e. The Labute approximate surface area is 211 Å². The van der Waals surface area contributed by atoms with Crippen LogP contribution in [0.1, 0.15) is 23.1 Å². The van der Waals surface area contributed by atoms with Crippen LogP contribution in [0.15, 0.2) is 76.1 Å². The molecule has 5 rings (SSSR count). The lowest BCUT2D eigenvalue weighted by Gasteiger charge is -2.13. The minimum absolute atomic E-state index is 0.0207. The molecule has 0 aliphatic heterocycles. The number of nitrogens with zero attached hydrogens (tertiary/aromatic N) is 3. The Bertz CT molecular complexity index is 1770. The van der Waals surface area contributed by atoms with Gasteiger partial charge in [-0.3, -0.25) is 4.79 Å². The molecule has 0 unspecified atom stereocenters. The molecule has 0 atom stereocenters. The van der Waals surface area contributed by atoms with Gasteiger partial charge in [0.2, 0.25) is 10.0 Å². The Morgan fingerprint density at radius 1 is 1.05 bits per heavy atom. The summed E-state index contributed by atoms with van der Waals surface area (Å²) in [5.41, 5.74) is 15.8. The van der Waals surface area contributed by atoms with E-state index in [0.29, 0.717) is 45.6 Å². The summed E-state index contributed by atoms with van der Waals surface area (Å²) in [6.45, 7) is 1.94. The fourth-order valence-electron chi connectivity index (χ4n) is 4.02. The van der Waals surface area contributed by atoms with E-state index in [9.17, 15) is 13.2 Å². The molecule has 5 aromatic rings. The number of fused-ring (bicyclic) bond motifs is 1. The predicted octanol–water partition coefficient (Wildman–Crippen LogP) is 3.31. The molecular formula is C25H23N7O4S. The zero-order valence-corrected chi connectivity index (χ0v) is 20.5. The second kappa shape index (κ2) is 9.08. The van der Waals surface area contributed by atoms with E-state index in [1.54, 1.807) is 60.7 Å². The largest absolute Gasteiger partial charge is 0.397 e. The van der Waals surface area contributed by atoms with Gasteiger partial charge in [0, 0.05) is 5.56 Å². The molecule has 2 heterocycles. The highest BCUT2D eigenvalue weighted by Crippen LogP contribution is 2.31. The van der Waals surface area contributed by atoms with Crippen molar-refractivity contribution in [3.63, 3.8) is 0 Å². The molecule has 37 heavy (non-hydrogen) atoms. The fourth-order valence-corrected chi connectivity index (χ4v) is 4.78. The highest BCUT2D eigenvalue weighted by atomic mass is 32.2. The molecule has 0 saturated carbocycles. The number of aryl methyl sites for hydroxylation is 1. The van der Waals surface area contributed by atoms with E-state index in [4.69, 9.17) is 21.1 Å². The number of anilines is 3. The first-order valence-electron chi connectivity index (χ1n) is 11.2. The highest BCUT2D eigenvalue weighted by Gasteiger charge is 2.20. The number of nitrogen functional groups attached to an aromatic ring is 2. The summed E-state index contributed by atoms with van der Waals surface area (Å²) in [4.78, 5) is 13.3. The summed E-state index contributed by atoms with van der Waals surface area (Å²) < 4.78 is 30.7. The molecule has 0 radical (unpaired) electrons. The maximum atomic E-state index is 13.3. The van der Waals surface area contributed by atoms with Gasteiger partial charge in [-0.1, -0.05) is 36.3 Å². The van der Waals surface area contributed by atoms with Gasteiger partial charge < -0.3 is 21.3 Å². The van der Waals surface area contributed by atoms with E-state index in [1.165, 1.54) is 10.7 Å². The topological polar surface area (TPSA) is 185 Å². The molecule has 0 bridgehead atoms. The van der Waals surface area contributed by atoms with Crippen LogP contribution < -0.4 is 21.9 Å². The summed E-state index contributed by atoms with van der Waals surface area (Å²) in [7, 11) is -3.94. The summed E-state index contributed by atoms with van der Waals surface area (Å²) in [6, 6.07) is 18.1. The van der Waals surface area contributed by atoms with Crippen LogP contribution in [0.5, 0.6) is 0 Å². The lowest BCUT2D eigenvalue weighted by molar-refractivity contribution is 0.101. The second-order valence-electron chi connectivity index (χ2n) is 8.33.